The van der Waals surface area contributed by atoms with Crippen molar-refractivity contribution >= 4 is 11.6 Å². The Labute approximate surface area is 152 Å². The van der Waals surface area contributed by atoms with Crippen LogP contribution in [0, 0.1) is 0 Å². The van der Waals surface area contributed by atoms with Gasteiger partial charge in [-0.1, -0.05) is 0 Å². The van der Waals surface area contributed by atoms with Gasteiger partial charge in [0.25, 0.3) is 0 Å². The maximum Gasteiger partial charge on any atom is 0.248 e. The van der Waals surface area contributed by atoms with E-state index < -0.39 is 0 Å². The van der Waals surface area contributed by atoms with E-state index in [1.807, 2.05) is 43.3 Å². The van der Waals surface area contributed by atoms with Gasteiger partial charge in [0, 0.05) is 18.1 Å². The van der Waals surface area contributed by atoms with Crippen LogP contribution in [0.1, 0.15) is 19.9 Å². The number of rotatable bonds is 7. The van der Waals surface area contributed by atoms with Gasteiger partial charge in [-0.05, 0) is 68.4 Å². The molecule has 1 unspecified atom stereocenters. The summed E-state index contributed by atoms with van der Waals surface area (Å²) in [6.45, 7) is 4.37. The fourth-order valence-corrected chi connectivity index (χ4v) is 2.39. The molecule has 6 heteroatoms. The number of amides is 1. The molecule has 0 bridgehead atoms. The Hall–Kier alpha value is -3.28. The molecule has 0 aliphatic heterocycles. The second kappa shape index (κ2) is 8.20. The van der Waals surface area contributed by atoms with Crippen LogP contribution < -0.4 is 14.8 Å². The second-order valence-corrected chi connectivity index (χ2v) is 5.68. The van der Waals surface area contributed by atoms with Crippen molar-refractivity contribution in [2.24, 2.45) is 0 Å². The minimum atomic E-state index is -0.384. The molecule has 0 aliphatic carbocycles. The first-order valence-electron chi connectivity index (χ1n) is 8.46. The Kier molecular flexibility index (Phi) is 5.53. The number of benzene rings is 2. The van der Waals surface area contributed by atoms with E-state index in [4.69, 9.17) is 9.47 Å². The van der Waals surface area contributed by atoms with Crippen LogP contribution in [0.3, 0.4) is 0 Å². The summed E-state index contributed by atoms with van der Waals surface area (Å²) in [4.78, 5) is 12.3. The van der Waals surface area contributed by atoms with Crippen LogP contribution in [0.4, 0.5) is 5.69 Å². The molecule has 6 nitrogen and oxygen atoms in total. The zero-order chi connectivity index (χ0) is 18.4. The average molecular weight is 351 g/mol. The van der Waals surface area contributed by atoms with Crippen LogP contribution in [-0.2, 0) is 4.79 Å². The minimum Gasteiger partial charge on any atom is -0.494 e. The summed E-state index contributed by atoms with van der Waals surface area (Å²) in [5.41, 5.74) is 0.702. The van der Waals surface area contributed by atoms with Gasteiger partial charge in [-0.15, -0.1) is 0 Å². The van der Waals surface area contributed by atoms with Crippen molar-refractivity contribution in [3.05, 3.63) is 67.0 Å². The molecule has 3 aromatic rings. The summed E-state index contributed by atoms with van der Waals surface area (Å²) in [5, 5.41) is 6.96. The molecule has 2 aromatic carbocycles. The van der Waals surface area contributed by atoms with Crippen LogP contribution in [0.15, 0.2) is 67.0 Å². The normalized spacial score (nSPS) is 11.6. The second-order valence-electron chi connectivity index (χ2n) is 5.68. The van der Waals surface area contributed by atoms with E-state index in [0.717, 1.165) is 11.5 Å². The summed E-state index contributed by atoms with van der Waals surface area (Å²) >= 11 is 0. The maximum atomic E-state index is 12.3. The number of nitrogens with zero attached hydrogens (tertiary/aromatic N) is 2. The van der Waals surface area contributed by atoms with E-state index in [-0.39, 0.29) is 11.9 Å². The molecule has 1 heterocycles. The molecule has 0 saturated heterocycles. The Morgan fingerprint density at radius 1 is 1.08 bits per heavy atom. The van der Waals surface area contributed by atoms with Crippen molar-refractivity contribution in [2.45, 2.75) is 19.9 Å². The van der Waals surface area contributed by atoms with Crippen molar-refractivity contribution < 1.29 is 14.3 Å². The van der Waals surface area contributed by atoms with Gasteiger partial charge >= 0.3 is 0 Å². The van der Waals surface area contributed by atoms with Crippen molar-refractivity contribution in [3.8, 4) is 17.2 Å². The third kappa shape index (κ3) is 4.42. The van der Waals surface area contributed by atoms with Crippen LogP contribution in [0.5, 0.6) is 17.2 Å². The van der Waals surface area contributed by atoms with E-state index in [0.29, 0.717) is 18.0 Å². The Bertz CT molecular complexity index is 828. The highest BCUT2D eigenvalue weighted by Gasteiger charge is 2.14. The Morgan fingerprint density at radius 3 is 2.27 bits per heavy atom. The number of aromatic nitrogens is 2. The monoisotopic (exact) mass is 351 g/mol. The van der Waals surface area contributed by atoms with Gasteiger partial charge in [0.15, 0.2) is 0 Å². The molecule has 26 heavy (non-hydrogen) atoms. The lowest BCUT2D eigenvalue weighted by molar-refractivity contribution is -0.119. The molecule has 1 amide bonds. The molecule has 3 rings (SSSR count). The topological polar surface area (TPSA) is 65.4 Å². The quantitative estimate of drug-likeness (QED) is 0.690. The van der Waals surface area contributed by atoms with Gasteiger partial charge in [0.1, 0.15) is 23.3 Å². The third-order valence-electron chi connectivity index (χ3n) is 3.79. The summed E-state index contributed by atoms with van der Waals surface area (Å²) in [6.07, 6.45) is 3.41. The van der Waals surface area contributed by atoms with E-state index in [1.54, 1.807) is 42.2 Å². The average Bonchev–Trinajstić information content (AvgIpc) is 3.19. The first-order chi connectivity index (χ1) is 12.7. The van der Waals surface area contributed by atoms with E-state index >= 15 is 0 Å². The Morgan fingerprint density at radius 2 is 1.69 bits per heavy atom. The molecule has 0 aliphatic rings. The zero-order valence-electron chi connectivity index (χ0n) is 14.8. The molecule has 0 radical (unpaired) electrons. The van der Waals surface area contributed by atoms with Gasteiger partial charge < -0.3 is 14.8 Å². The highest BCUT2D eigenvalue weighted by atomic mass is 16.5. The van der Waals surface area contributed by atoms with Gasteiger partial charge in [-0.3, -0.25) is 9.48 Å². The highest BCUT2D eigenvalue weighted by molar-refractivity contribution is 5.93. The molecular formula is C20H21N3O3. The lowest BCUT2D eigenvalue weighted by Gasteiger charge is -2.13. The minimum absolute atomic E-state index is 0.131. The fourth-order valence-electron chi connectivity index (χ4n) is 2.39. The Balaban J connectivity index is 1.58. The third-order valence-corrected chi connectivity index (χ3v) is 3.79. The highest BCUT2D eigenvalue weighted by Crippen LogP contribution is 2.25. The predicted octanol–water partition coefficient (Wildman–Crippen LogP) is 4.27. The standard InChI is InChI=1S/C20H21N3O3/c1-3-25-17-9-11-19(12-10-17)26-18-7-5-16(6-8-18)22-20(24)15(2)23-14-4-13-21-23/h4-15H,3H2,1-2H3,(H,22,24). The SMILES string of the molecule is CCOc1ccc(Oc2ccc(NC(=O)C(C)n3cccn3)cc2)cc1. The first kappa shape index (κ1) is 17.5. The lowest BCUT2D eigenvalue weighted by Crippen LogP contribution is -2.23. The van der Waals surface area contributed by atoms with Crippen molar-refractivity contribution in [1.29, 1.82) is 0 Å². The fraction of sp³-hybridized carbons (Fsp3) is 0.200. The zero-order valence-corrected chi connectivity index (χ0v) is 14.8. The largest absolute Gasteiger partial charge is 0.494 e. The number of carbonyl (C=O) groups excluding carboxylic acids is 1. The number of carbonyl (C=O) groups is 1. The predicted molar refractivity (Wildman–Crippen MR) is 99.7 cm³/mol. The van der Waals surface area contributed by atoms with Crippen LogP contribution in [0.25, 0.3) is 0 Å². The van der Waals surface area contributed by atoms with Gasteiger partial charge in [0.05, 0.1) is 6.61 Å². The van der Waals surface area contributed by atoms with Crippen LogP contribution in [-0.4, -0.2) is 22.3 Å². The number of nitrogens with one attached hydrogen (secondary N) is 1. The van der Waals surface area contributed by atoms with E-state index in [9.17, 15) is 4.79 Å². The van der Waals surface area contributed by atoms with Crippen LogP contribution in [0.2, 0.25) is 0 Å². The van der Waals surface area contributed by atoms with Crippen molar-refractivity contribution in [2.75, 3.05) is 11.9 Å². The molecule has 0 saturated carbocycles. The van der Waals surface area contributed by atoms with Gasteiger partial charge in [0.2, 0.25) is 5.91 Å². The molecular weight excluding hydrogens is 330 g/mol. The van der Waals surface area contributed by atoms with Gasteiger partial charge in [-0.2, -0.15) is 5.10 Å². The first-order valence-corrected chi connectivity index (χ1v) is 8.46. The number of anilines is 1. The number of ether oxygens (including phenoxy) is 2. The maximum absolute atomic E-state index is 12.3. The molecule has 0 spiro atoms. The number of hydrogen-bond donors (Lipinski definition) is 1. The van der Waals surface area contributed by atoms with E-state index in [2.05, 4.69) is 10.4 Å². The summed E-state index contributed by atoms with van der Waals surface area (Å²) < 4.78 is 12.8. The molecule has 0 fully saturated rings. The van der Waals surface area contributed by atoms with E-state index in [1.165, 1.54) is 0 Å². The summed E-state index contributed by atoms with van der Waals surface area (Å²) in [5.74, 6) is 2.09. The summed E-state index contributed by atoms with van der Waals surface area (Å²) in [7, 11) is 0. The smallest absolute Gasteiger partial charge is 0.248 e. The molecule has 1 aromatic heterocycles. The van der Waals surface area contributed by atoms with Crippen LogP contribution >= 0.6 is 0 Å². The molecule has 1 atom stereocenters. The van der Waals surface area contributed by atoms with Gasteiger partial charge in [-0.25, -0.2) is 0 Å². The molecule has 134 valence electrons. The number of hydrogen-bond acceptors (Lipinski definition) is 4. The van der Waals surface area contributed by atoms with Crippen molar-refractivity contribution in [3.63, 3.8) is 0 Å². The van der Waals surface area contributed by atoms with Crippen molar-refractivity contribution in [1.82, 2.24) is 9.78 Å². The summed E-state index contributed by atoms with van der Waals surface area (Å²) in [6, 6.07) is 16.1. The lowest BCUT2D eigenvalue weighted by atomic mass is 10.2. The molecule has 1 N–H and O–H groups in total.